The number of esters is 1. The van der Waals surface area contributed by atoms with Gasteiger partial charge in [0.15, 0.2) is 12.2 Å². The summed E-state index contributed by atoms with van der Waals surface area (Å²) >= 11 is 15.7. The highest BCUT2D eigenvalue weighted by Crippen LogP contribution is 2.27. The number of amides is 1. The van der Waals surface area contributed by atoms with Crippen LogP contribution in [0.15, 0.2) is 102 Å². The monoisotopic (exact) mass is 862 g/mol. The first-order valence-corrected chi connectivity index (χ1v) is 18.3. The highest BCUT2D eigenvalue weighted by molar-refractivity contribution is 9.10. The van der Waals surface area contributed by atoms with Crippen molar-refractivity contribution in [3.63, 3.8) is 0 Å². The van der Waals surface area contributed by atoms with Crippen molar-refractivity contribution in [1.82, 2.24) is 5.32 Å². The summed E-state index contributed by atoms with van der Waals surface area (Å²) < 4.78 is 5.61. The maximum atomic E-state index is 11.4. The highest BCUT2D eigenvalue weighted by Gasteiger charge is 2.25. The summed E-state index contributed by atoms with van der Waals surface area (Å²) in [6, 6.07) is 27.7. The molecule has 4 rings (SSSR count). The van der Waals surface area contributed by atoms with Crippen molar-refractivity contribution >= 4 is 75.5 Å². The number of carbonyl (C=O) groups excluding carboxylic acids is 2. The topological polar surface area (TPSA) is 237 Å². The van der Waals surface area contributed by atoms with Gasteiger partial charge in [0.05, 0.1) is 6.61 Å². The fourth-order valence-electron chi connectivity index (χ4n) is 4.90. The lowest BCUT2D eigenvalue weighted by Gasteiger charge is -2.20. The predicted molar refractivity (Wildman–Crippen MR) is 213 cm³/mol. The third-order valence-corrected chi connectivity index (χ3v) is 8.83. The zero-order chi connectivity index (χ0) is 41.1. The smallest absolute Gasteiger partial charge is 0.479 e. The molecule has 9 N–H and O–H groups in total. The summed E-state index contributed by atoms with van der Waals surface area (Å²) in [5.41, 5.74) is 9.74. The largest absolute Gasteiger partial charge is 0.488 e. The third kappa shape index (κ3) is 17.4. The number of aliphatic hydroxyl groups is 2. The molecule has 0 radical (unpaired) electrons. The van der Waals surface area contributed by atoms with Crippen molar-refractivity contribution in [1.29, 1.82) is 0 Å². The number of benzene rings is 4. The van der Waals surface area contributed by atoms with Gasteiger partial charge in [-0.25, -0.2) is 14.4 Å². The van der Waals surface area contributed by atoms with E-state index in [0.29, 0.717) is 27.5 Å². The van der Waals surface area contributed by atoms with Gasteiger partial charge < -0.3 is 46.3 Å². The quantitative estimate of drug-likeness (QED) is 0.0516. The molecule has 294 valence electrons. The van der Waals surface area contributed by atoms with Gasteiger partial charge in [-0.2, -0.15) is 0 Å². The normalized spacial score (nSPS) is 12.6. The van der Waals surface area contributed by atoms with E-state index in [1.807, 2.05) is 54.6 Å². The lowest BCUT2D eigenvalue weighted by molar-refractivity contribution is -0.153. The van der Waals surface area contributed by atoms with Crippen LogP contribution >= 0.6 is 39.1 Å². The number of carboxylic acid groups (broad SMARTS) is 2. The van der Waals surface area contributed by atoms with Crippen LogP contribution < -0.4 is 16.5 Å². The zero-order valence-corrected chi connectivity index (χ0v) is 32.7. The van der Waals surface area contributed by atoms with Crippen LogP contribution in [0, 0.1) is 0 Å². The van der Waals surface area contributed by atoms with E-state index in [4.69, 9.17) is 53.9 Å². The van der Waals surface area contributed by atoms with E-state index in [1.54, 1.807) is 49.4 Å². The molecule has 4 atom stereocenters. The number of hydrogen-bond acceptors (Lipinski definition) is 10. The van der Waals surface area contributed by atoms with Crippen molar-refractivity contribution in [2.75, 3.05) is 6.61 Å². The molecule has 0 heterocycles. The van der Waals surface area contributed by atoms with E-state index in [1.165, 1.54) is 0 Å². The van der Waals surface area contributed by atoms with E-state index in [-0.39, 0.29) is 31.9 Å². The van der Waals surface area contributed by atoms with Gasteiger partial charge in [0.1, 0.15) is 0 Å². The van der Waals surface area contributed by atoms with E-state index in [2.05, 4.69) is 21.2 Å². The highest BCUT2D eigenvalue weighted by atomic mass is 79.9. The maximum Gasteiger partial charge on any atom is 0.488 e. The number of nitrogens with two attached hydrogens (primary N) is 1. The number of ether oxygens (including phenoxy) is 1. The molecular formula is C38H42BBrCl2N2O11. The number of nitrogens with one attached hydrogen (secondary N) is 1. The minimum atomic E-state index is -1.74. The van der Waals surface area contributed by atoms with Crippen molar-refractivity contribution in [2.24, 2.45) is 5.73 Å². The first kappa shape index (κ1) is 46.8. The molecule has 1 amide bonds. The number of aliphatic hydroxyl groups excluding tert-OH is 2. The standard InChI is InChI=1S/C19H18ClNO6.C13H17BrClNO3.C6H7BO2/c20-15-9-12(11-4-2-1-3-5-11)6-7-13(15)8-14(10-16(22)18(24)25)21-17(23)19(26)27;1-2-19-13(18)12(17)7-10(16)5-8-3-4-9(14)6-11(8)15;8-7(9)6-4-2-1-3-5-6/h1-7,9,14,16,22H,8,10H2,(H,21,23)(H,24,25)(H,26,27);3-4,6,10,12,17H,2,5,7,16H2,1H3;1-5,8-9H/t14-,16-;10-,12-;/m11./s1. The van der Waals surface area contributed by atoms with Crippen LogP contribution in [-0.2, 0) is 36.8 Å². The van der Waals surface area contributed by atoms with Crippen molar-refractivity contribution < 1.29 is 54.4 Å². The summed E-state index contributed by atoms with van der Waals surface area (Å²) in [5.74, 6) is -5.08. The Balaban J connectivity index is 0.000000322. The Morgan fingerprint density at radius 3 is 1.85 bits per heavy atom. The van der Waals surface area contributed by atoms with Gasteiger partial charge in [-0.1, -0.05) is 118 Å². The molecule has 4 aromatic rings. The summed E-state index contributed by atoms with van der Waals surface area (Å²) in [5, 5.41) is 57.1. The minimum Gasteiger partial charge on any atom is -0.479 e. The van der Waals surface area contributed by atoms with Gasteiger partial charge >= 0.3 is 30.9 Å². The predicted octanol–water partition coefficient (Wildman–Crippen LogP) is 3.61. The number of rotatable bonds is 14. The third-order valence-electron chi connectivity index (χ3n) is 7.63. The summed E-state index contributed by atoms with van der Waals surface area (Å²) in [7, 11) is -1.34. The van der Waals surface area contributed by atoms with Gasteiger partial charge in [-0.3, -0.25) is 4.79 Å². The first-order valence-electron chi connectivity index (χ1n) is 16.8. The molecule has 0 fully saturated rings. The van der Waals surface area contributed by atoms with Gasteiger partial charge in [0.2, 0.25) is 0 Å². The van der Waals surface area contributed by atoms with Crippen LogP contribution in [0.25, 0.3) is 11.1 Å². The Labute approximate surface area is 337 Å². The average molecular weight is 864 g/mol. The summed E-state index contributed by atoms with van der Waals surface area (Å²) in [6.07, 6.45) is -2.59. The van der Waals surface area contributed by atoms with Crippen molar-refractivity contribution in [3.8, 4) is 11.1 Å². The van der Waals surface area contributed by atoms with E-state index >= 15 is 0 Å². The second-order valence-electron chi connectivity index (χ2n) is 11.9. The Morgan fingerprint density at radius 2 is 1.35 bits per heavy atom. The Bertz CT molecular complexity index is 1840. The molecule has 0 aromatic heterocycles. The van der Waals surface area contributed by atoms with Crippen LogP contribution in [0.5, 0.6) is 0 Å². The molecule has 17 heteroatoms. The van der Waals surface area contributed by atoms with Gasteiger partial charge in [0, 0.05) is 33.0 Å². The van der Waals surface area contributed by atoms with E-state index in [9.17, 15) is 29.4 Å². The minimum absolute atomic E-state index is 0.0667. The molecule has 0 saturated carbocycles. The summed E-state index contributed by atoms with van der Waals surface area (Å²) in [6.45, 7) is 1.93. The van der Waals surface area contributed by atoms with E-state index < -0.39 is 49.2 Å². The molecule has 0 aliphatic carbocycles. The van der Waals surface area contributed by atoms with Crippen LogP contribution in [0.3, 0.4) is 0 Å². The molecule has 4 aromatic carbocycles. The number of carboxylic acids is 2. The fraction of sp³-hybridized carbons (Fsp3) is 0.263. The Morgan fingerprint density at radius 1 is 0.782 bits per heavy atom. The molecule has 55 heavy (non-hydrogen) atoms. The SMILES string of the molecule is CCOC(=O)[C@H](O)C[C@H](N)Cc1ccc(Br)cc1Cl.O=C(O)C(=O)N[C@H](Cc1ccc(-c2ccccc2)cc1Cl)C[C@@H](O)C(=O)O.OB(O)c1ccccc1. The van der Waals surface area contributed by atoms with Crippen LogP contribution in [0.2, 0.25) is 10.0 Å². The molecule has 0 bridgehead atoms. The molecule has 0 unspecified atom stereocenters. The number of halogens is 3. The maximum absolute atomic E-state index is 11.4. The fourth-order valence-corrected chi connectivity index (χ4v) is 5.91. The summed E-state index contributed by atoms with van der Waals surface area (Å²) in [4.78, 5) is 44.4. The lowest BCUT2D eigenvalue weighted by Crippen LogP contribution is -2.43. The number of hydrogen-bond donors (Lipinski definition) is 8. The number of aliphatic carboxylic acids is 2. The molecule has 0 aliphatic rings. The van der Waals surface area contributed by atoms with Crippen LogP contribution in [-0.4, -0.2) is 92.3 Å². The molecule has 0 aliphatic heterocycles. The van der Waals surface area contributed by atoms with Gasteiger partial charge in [-0.15, -0.1) is 0 Å². The van der Waals surface area contributed by atoms with Crippen molar-refractivity contribution in [2.45, 2.75) is 56.9 Å². The van der Waals surface area contributed by atoms with Gasteiger partial charge in [-0.05, 0) is 72.1 Å². The Kier molecular flexibility index (Phi) is 20.7. The molecule has 0 spiro atoms. The van der Waals surface area contributed by atoms with Crippen molar-refractivity contribution in [3.05, 3.63) is 123 Å². The van der Waals surface area contributed by atoms with E-state index in [0.717, 1.165) is 21.2 Å². The van der Waals surface area contributed by atoms with Crippen LogP contribution in [0.1, 0.15) is 30.9 Å². The van der Waals surface area contributed by atoms with Gasteiger partial charge in [0.25, 0.3) is 0 Å². The Hall–Kier alpha value is -4.32. The molecule has 13 nitrogen and oxygen atoms in total. The molecular weight excluding hydrogens is 822 g/mol. The second kappa shape index (κ2) is 24.3. The molecule has 0 saturated heterocycles. The lowest BCUT2D eigenvalue weighted by atomic mass is 9.81. The number of carbonyl (C=O) groups is 4. The average Bonchev–Trinajstić information content (AvgIpc) is 3.14. The zero-order valence-electron chi connectivity index (χ0n) is 29.6. The van der Waals surface area contributed by atoms with Crippen LogP contribution in [0.4, 0.5) is 0 Å². The first-order chi connectivity index (χ1) is 26.0. The second-order valence-corrected chi connectivity index (χ2v) is 13.7.